The molecule has 3 heteroatoms. The van der Waals surface area contributed by atoms with Gasteiger partial charge in [-0.15, -0.1) is 0 Å². The monoisotopic (exact) mass is 227 g/mol. The van der Waals surface area contributed by atoms with Gasteiger partial charge in [-0.3, -0.25) is 0 Å². The van der Waals surface area contributed by atoms with E-state index in [-0.39, 0.29) is 6.04 Å². The molecule has 0 amide bonds. The predicted octanol–water partition coefficient (Wildman–Crippen LogP) is 2.34. The van der Waals surface area contributed by atoms with E-state index in [1.54, 1.807) is 6.33 Å². The summed E-state index contributed by atoms with van der Waals surface area (Å²) < 4.78 is 0. The Bertz CT molecular complexity index is 492. The summed E-state index contributed by atoms with van der Waals surface area (Å²) in [6, 6.07) is 10.3. The molecule has 1 heterocycles. The van der Waals surface area contributed by atoms with Crippen LogP contribution in [-0.2, 0) is 6.42 Å². The highest BCUT2D eigenvalue weighted by Crippen LogP contribution is 2.22. The number of hydrogen-bond acceptors (Lipinski definition) is 3. The summed E-state index contributed by atoms with van der Waals surface area (Å²) in [5.41, 5.74) is 10.1. The third kappa shape index (κ3) is 2.68. The molecule has 88 valence electrons. The van der Waals surface area contributed by atoms with E-state index < -0.39 is 0 Å². The molecule has 0 bridgehead atoms. The van der Waals surface area contributed by atoms with E-state index in [9.17, 15) is 0 Å². The smallest absolute Gasteiger partial charge is 0.116 e. The van der Waals surface area contributed by atoms with Crippen molar-refractivity contribution in [1.82, 2.24) is 9.97 Å². The van der Waals surface area contributed by atoms with E-state index in [2.05, 4.69) is 29.0 Å². The van der Waals surface area contributed by atoms with Gasteiger partial charge in [0, 0.05) is 23.7 Å². The zero-order valence-electron chi connectivity index (χ0n) is 10.2. The summed E-state index contributed by atoms with van der Waals surface area (Å²) in [6.45, 7) is 4.05. The minimum atomic E-state index is 0.118. The average molecular weight is 227 g/mol. The van der Waals surface area contributed by atoms with Gasteiger partial charge >= 0.3 is 0 Å². The molecule has 0 aliphatic carbocycles. The van der Waals surface area contributed by atoms with Crippen molar-refractivity contribution in [3.63, 3.8) is 0 Å². The highest BCUT2D eigenvalue weighted by atomic mass is 14.8. The van der Waals surface area contributed by atoms with Crippen LogP contribution >= 0.6 is 0 Å². The van der Waals surface area contributed by atoms with Gasteiger partial charge in [-0.1, -0.05) is 30.3 Å². The van der Waals surface area contributed by atoms with Crippen molar-refractivity contribution in [2.75, 3.05) is 0 Å². The summed E-state index contributed by atoms with van der Waals surface area (Å²) in [7, 11) is 0. The Kier molecular flexibility index (Phi) is 3.49. The Hall–Kier alpha value is -1.74. The van der Waals surface area contributed by atoms with Crippen molar-refractivity contribution in [2.45, 2.75) is 26.3 Å². The lowest BCUT2D eigenvalue weighted by Gasteiger charge is -2.11. The van der Waals surface area contributed by atoms with Crippen LogP contribution in [-0.4, -0.2) is 16.0 Å². The minimum Gasteiger partial charge on any atom is -0.328 e. The number of rotatable bonds is 3. The second kappa shape index (κ2) is 5.06. The lowest BCUT2D eigenvalue weighted by Crippen LogP contribution is -2.19. The van der Waals surface area contributed by atoms with Crippen LogP contribution in [0.25, 0.3) is 11.3 Å². The van der Waals surface area contributed by atoms with E-state index in [1.165, 1.54) is 0 Å². The fraction of sp³-hybridized carbons (Fsp3) is 0.286. The molecule has 0 saturated heterocycles. The zero-order chi connectivity index (χ0) is 12.3. The fourth-order valence-corrected chi connectivity index (χ4v) is 1.88. The first-order valence-electron chi connectivity index (χ1n) is 5.80. The summed E-state index contributed by atoms with van der Waals surface area (Å²) in [4.78, 5) is 8.68. The SMILES string of the molecule is Cc1c(CC(C)N)ncnc1-c1ccccc1. The van der Waals surface area contributed by atoms with Crippen molar-refractivity contribution >= 4 is 0 Å². The van der Waals surface area contributed by atoms with Gasteiger partial charge in [-0.2, -0.15) is 0 Å². The number of nitrogens with two attached hydrogens (primary N) is 1. The van der Waals surface area contributed by atoms with E-state index in [0.29, 0.717) is 0 Å². The lowest BCUT2D eigenvalue weighted by molar-refractivity contribution is 0.715. The van der Waals surface area contributed by atoms with Crippen LogP contribution in [0.2, 0.25) is 0 Å². The van der Waals surface area contributed by atoms with Gasteiger partial charge in [-0.25, -0.2) is 9.97 Å². The number of nitrogens with zero attached hydrogens (tertiary/aromatic N) is 2. The van der Waals surface area contributed by atoms with Crippen molar-refractivity contribution in [1.29, 1.82) is 0 Å². The molecular weight excluding hydrogens is 210 g/mol. The van der Waals surface area contributed by atoms with E-state index in [4.69, 9.17) is 5.73 Å². The van der Waals surface area contributed by atoms with Gasteiger partial charge in [0.15, 0.2) is 0 Å². The fourth-order valence-electron chi connectivity index (χ4n) is 1.88. The van der Waals surface area contributed by atoms with Crippen molar-refractivity contribution < 1.29 is 0 Å². The molecule has 3 nitrogen and oxygen atoms in total. The maximum absolute atomic E-state index is 5.82. The van der Waals surface area contributed by atoms with Gasteiger partial charge in [0.25, 0.3) is 0 Å². The summed E-state index contributed by atoms with van der Waals surface area (Å²) in [5.74, 6) is 0. The molecule has 0 aliphatic rings. The van der Waals surface area contributed by atoms with E-state index in [1.807, 2.05) is 25.1 Å². The van der Waals surface area contributed by atoms with Crippen LogP contribution in [0.1, 0.15) is 18.2 Å². The van der Waals surface area contributed by atoms with Crippen molar-refractivity contribution in [2.24, 2.45) is 5.73 Å². The Balaban J connectivity index is 2.43. The summed E-state index contributed by atoms with van der Waals surface area (Å²) in [5, 5.41) is 0. The van der Waals surface area contributed by atoms with Crippen LogP contribution in [0, 0.1) is 6.92 Å². The second-order valence-corrected chi connectivity index (χ2v) is 4.34. The topological polar surface area (TPSA) is 51.8 Å². The molecule has 1 atom stereocenters. The number of benzene rings is 1. The maximum atomic E-state index is 5.82. The molecular formula is C14H17N3. The van der Waals surface area contributed by atoms with Crippen molar-refractivity contribution in [3.8, 4) is 11.3 Å². The molecule has 2 N–H and O–H groups in total. The predicted molar refractivity (Wildman–Crippen MR) is 69.6 cm³/mol. The van der Waals surface area contributed by atoms with Gasteiger partial charge < -0.3 is 5.73 Å². The van der Waals surface area contributed by atoms with Gasteiger partial charge in [0.2, 0.25) is 0 Å². The van der Waals surface area contributed by atoms with Gasteiger partial charge in [0.1, 0.15) is 6.33 Å². The van der Waals surface area contributed by atoms with Gasteiger partial charge in [-0.05, 0) is 19.4 Å². The third-order valence-corrected chi connectivity index (χ3v) is 2.75. The molecule has 0 fully saturated rings. The Morgan fingerprint density at radius 1 is 1.18 bits per heavy atom. The van der Waals surface area contributed by atoms with Crippen LogP contribution in [0.5, 0.6) is 0 Å². The Morgan fingerprint density at radius 2 is 1.88 bits per heavy atom. The van der Waals surface area contributed by atoms with Crippen LogP contribution in [0.4, 0.5) is 0 Å². The molecule has 2 aromatic rings. The largest absolute Gasteiger partial charge is 0.328 e. The second-order valence-electron chi connectivity index (χ2n) is 4.34. The summed E-state index contributed by atoms with van der Waals surface area (Å²) in [6.07, 6.45) is 2.40. The molecule has 1 unspecified atom stereocenters. The molecule has 1 aromatic carbocycles. The maximum Gasteiger partial charge on any atom is 0.116 e. The molecule has 0 saturated carbocycles. The van der Waals surface area contributed by atoms with Crippen LogP contribution in [0.15, 0.2) is 36.7 Å². The molecule has 1 aromatic heterocycles. The first-order valence-corrected chi connectivity index (χ1v) is 5.80. The molecule has 0 radical (unpaired) electrons. The Labute approximate surface area is 102 Å². The third-order valence-electron chi connectivity index (χ3n) is 2.75. The normalized spacial score (nSPS) is 12.4. The quantitative estimate of drug-likeness (QED) is 0.875. The van der Waals surface area contributed by atoms with Crippen LogP contribution in [0.3, 0.4) is 0 Å². The van der Waals surface area contributed by atoms with Crippen LogP contribution < -0.4 is 5.73 Å². The highest BCUT2D eigenvalue weighted by Gasteiger charge is 2.09. The van der Waals surface area contributed by atoms with E-state index in [0.717, 1.165) is 28.9 Å². The van der Waals surface area contributed by atoms with Gasteiger partial charge in [0.05, 0.1) is 5.69 Å². The lowest BCUT2D eigenvalue weighted by atomic mass is 10.0. The molecule has 0 aliphatic heterocycles. The molecule has 17 heavy (non-hydrogen) atoms. The van der Waals surface area contributed by atoms with E-state index >= 15 is 0 Å². The zero-order valence-corrected chi connectivity index (χ0v) is 10.2. The first-order chi connectivity index (χ1) is 8.18. The molecule has 2 rings (SSSR count). The number of hydrogen-bond donors (Lipinski definition) is 1. The standard InChI is InChI=1S/C14H17N3/c1-10(15)8-13-11(2)14(17-9-16-13)12-6-4-3-5-7-12/h3-7,9-10H,8,15H2,1-2H3. The summed E-state index contributed by atoms with van der Waals surface area (Å²) >= 11 is 0. The first kappa shape index (κ1) is 11.7. The highest BCUT2D eigenvalue weighted by molar-refractivity contribution is 5.63. The van der Waals surface area contributed by atoms with Crippen molar-refractivity contribution in [3.05, 3.63) is 47.9 Å². The Morgan fingerprint density at radius 3 is 2.53 bits per heavy atom. The minimum absolute atomic E-state index is 0.118. The average Bonchev–Trinajstić information content (AvgIpc) is 2.32. The molecule has 0 spiro atoms. The number of aromatic nitrogens is 2.